The molecular formula is C16H34N2. The monoisotopic (exact) mass is 254 g/mol. The maximum absolute atomic E-state index is 3.56. The van der Waals surface area contributed by atoms with Crippen LogP contribution in [0.15, 0.2) is 0 Å². The largest absolute Gasteiger partial charge is 0.312 e. The molecular weight excluding hydrogens is 220 g/mol. The minimum atomic E-state index is 0.278. The van der Waals surface area contributed by atoms with Gasteiger partial charge in [-0.1, -0.05) is 13.3 Å². The lowest BCUT2D eigenvalue weighted by atomic mass is 10.1. The van der Waals surface area contributed by atoms with Gasteiger partial charge < -0.3 is 10.2 Å². The minimum Gasteiger partial charge on any atom is -0.312 e. The van der Waals surface area contributed by atoms with Crippen LogP contribution in [-0.2, 0) is 0 Å². The molecule has 1 N–H and O–H groups in total. The second kappa shape index (κ2) is 8.16. The van der Waals surface area contributed by atoms with Crippen LogP contribution < -0.4 is 5.32 Å². The van der Waals surface area contributed by atoms with E-state index in [0.717, 1.165) is 5.92 Å². The quantitative estimate of drug-likeness (QED) is 0.598. The van der Waals surface area contributed by atoms with Gasteiger partial charge in [-0.2, -0.15) is 0 Å². The molecule has 0 aromatic carbocycles. The van der Waals surface area contributed by atoms with Gasteiger partial charge in [0.1, 0.15) is 0 Å². The maximum atomic E-state index is 3.56. The van der Waals surface area contributed by atoms with Gasteiger partial charge in [0.05, 0.1) is 0 Å². The Morgan fingerprint density at radius 1 is 1.06 bits per heavy atom. The normalized spacial score (nSPS) is 16.5. The fourth-order valence-electron chi connectivity index (χ4n) is 2.38. The summed E-state index contributed by atoms with van der Waals surface area (Å²) < 4.78 is 0. The molecule has 0 unspecified atom stereocenters. The van der Waals surface area contributed by atoms with Crippen LogP contribution in [0.25, 0.3) is 0 Å². The first-order valence-electron chi connectivity index (χ1n) is 7.98. The van der Waals surface area contributed by atoms with E-state index in [1.807, 2.05) is 0 Å². The van der Waals surface area contributed by atoms with E-state index in [9.17, 15) is 0 Å². The third kappa shape index (κ3) is 8.93. The second-order valence-electron chi connectivity index (χ2n) is 6.98. The average Bonchev–Trinajstić information content (AvgIpc) is 3.05. The summed E-state index contributed by atoms with van der Waals surface area (Å²) in [7, 11) is 0. The number of rotatable bonds is 10. The van der Waals surface area contributed by atoms with E-state index in [1.54, 1.807) is 0 Å². The van der Waals surface area contributed by atoms with Gasteiger partial charge in [-0.05, 0) is 78.4 Å². The topological polar surface area (TPSA) is 15.3 Å². The Hall–Kier alpha value is -0.0800. The molecule has 0 heterocycles. The van der Waals surface area contributed by atoms with Gasteiger partial charge in [-0.15, -0.1) is 0 Å². The van der Waals surface area contributed by atoms with Gasteiger partial charge in [0.2, 0.25) is 0 Å². The van der Waals surface area contributed by atoms with Crippen LogP contribution in [0.4, 0.5) is 0 Å². The van der Waals surface area contributed by atoms with Crippen molar-refractivity contribution in [3.8, 4) is 0 Å². The van der Waals surface area contributed by atoms with E-state index in [4.69, 9.17) is 0 Å². The molecule has 0 aliphatic heterocycles. The minimum absolute atomic E-state index is 0.278. The highest BCUT2D eigenvalue weighted by Crippen LogP contribution is 2.29. The predicted molar refractivity (Wildman–Crippen MR) is 81.1 cm³/mol. The van der Waals surface area contributed by atoms with Crippen molar-refractivity contribution in [2.24, 2.45) is 5.92 Å². The fourth-order valence-corrected chi connectivity index (χ4v) is 2.38. The molecule has 18 heavy (non-hydrogen) atoms. The molecule has 0 saturated heterocycles. The molecule has 1 saturated carbocycles. The Bertz CT molecular complexity index is 204. The second-order valence-corrected chi connectivity index (χ2v) is 6.98. The Morgan fingerprint density at radius 2 is 1.78 bits per heavy atom. The number of nitrogens with one attached hydrogen (secondary N) is 1. The van der Waals surface area contributed by atoms with E-state index in [2.05, 4.69) is 37.9 Å². The van der Waals surface area contributed by atoms with Gasteiger partial charge >= 0.3 is 0 Å². The molecule has 0 atom stereocenters. The van der Waals surface area contributed by atoms with Crippen molar-refractivity contribution < 1.29 is 0 Å². The summed E-state index contributed by atoms with van der Waals surface area (Å²) in [6, 6.07) is 0. The zero-order valence-corrected chi connectivity index (χ0v) is 13.1. The standard InChI is InChI=1S/C16H34N2/c1-5-12-18(14-15-9-10-15)13-8-6-7-11-17-16(2,3)4/h15,17H,5-14H2,1-4H3. The predicted octanol–water partition coefficient (Wildman–Crippen LogP) is 3.67. The first kappa shape index (κ1) is 16.0. The van der Waals surface area contributed by atoms with Crippen molar-refractivity contribution >= 4 is 0 Å². The Kier molecular flexibility index (Phi) is 7.25. The molecule has 0 aromatic heterocycles. The molecule has 2 nitrogen and oxygen atoms in total. The third-order valence-electron chi connectivity index (χ3n) is 3.56. The Labute approximate surface area is 115 Å². The molecule has 0 amide bonds. The van der Waals surface area contributed by atoms with Crippen molar-refractivity contribution in [2.75, 3.05) is 26.2 Å². The lowest BCUT2D eigenvalue weighted by molar-refractivity contribution is 0.256. The van der Waals surface area contributed by atoms with Gasteiger partial charge in [0, 0.05) is 12.1 Å². The molecule has 0 spiro atoms. The van der Waals surface area contributed by atoms with Crippen molar-refractivity contribution in [1.82, 2.24) is 10.2 Å². The van der Waals surface area contributed by atoms with Gasteiger partial charge in [-0.3, -0.25) is 0 Å². The average molecular weight is 254 g/mol. The lowest BCUT2D eigenvalue weighted by Crippen LogP contribution is -2.36. The lowest BCUT2D eigenvalue weighted by Gasteiger charge is -2.22. The smallest absolute Gasteiger partial charge is 0.00965 e. The Balaban J connectivity index is 1.96. The van der Waals surface area contributed by atoms with Crippen LogP contribution in [0.1, 0.15) is 66.2 Å². The molecule has 2 heteroatoms. The third-order valence-corrected chi connectivity index (χ3v) is 3.56. The summed E-state index contributed by atoms with van der Waals surface area (Å²) in [5.41, 5.74) is 0.278. The number of nitrogens with zero attached hydrogens (tertiary/aromatic N) is 1. The van der Waals surface area contributed by atoms with Crippen LogP contribution in [0.3, 0.4) is 0 Å². The summed E-state index contributed by atoms with van der Waals surface area (Å²) in [5, 5.41) is 3.56. The van der Waals surface area contributed by atoms with Crippen LogP contribution in [-0.4, -0.2) is 36.6 Å². The van der Waals surface area contributed by atoms with Crippen LogP contribution >= 0.6 is 0 Å². The van der Waals surface area contributed by atoms with Crippen molar-refractivity contribution in [1.29, 1.82) is 0 Å². The van der Waals surface area contributed by atoms with Crippen LogP contribution in [0.2, 0.25) is 0 Å². The Morgan fingerprint density at radius 3 is 2.33 bits per heavy atom. The molecule has 1 fully saturated rings. The first-order valence-corrected chi connectivity index (χ1v) is 7.98. The number of hydrogen-bond donors (Lipinski definition) is 1. The molecule has 1 rings (SSSR count). The summed E-state index contributed by atoms with van der Waals surface area (Å²) in [4.78, 5) is 2.69. The zero-order chi connectivity index (χ0) is 13.4. The van der Waals surface area contributed by atoms with Crippen LogP contribution in [0.5, 0.6) is 0 Å². The van der Waals surface area contributed by atoms with E-state index < -0.39 is 0 Å². The summed E-state index contributed by atoms with van der Waals surface area (Å²) in [6.45, 7) is 14.2. The summed E-state index contributed by atoms with van der Waals surface area (Å²) in [5.74, 6) is 1.04. The zero-order valence-electron chi connectivity index (χ0n) is 13.1. The van der Waals surface area contributed by atoms with Gasteiger partial charge in [0.25, 0.3) is 0 Å². The van der Waals surface area contributed by atoms with Gasteiger partial charge in [0.15, 0.2) is 0 Å². The van der Waals surface area contributed by atoms with Gasteiger partial charge in [-0.25, -0.2) is 0 Å². The number of unbranched alkanes of at least 4 members (excludes halogenated alkanes) is 2. The summed E-state index contributed by atoms with van der Waals surface area (Å²) in [6.07, 6.45) is 8.33. The first-order chi connectivity index (χ1) is 8.51. The van der Waals surface area contributed by atoms with Crippen molar-refractivity contribution in [3.63, 3.8) is 0 Å². The van der Waals surface area contributed by atoms with E-state index >= 15 is 0 Å². The summed E-state index contributed by atoms with van der Waals surface area (Å²) >= 11 is 0. The maximum Gasteiger partial charge on any atom is 0.00965 e. The highest BCUT2D eigenvalue weighted by atomic mass is 15.1. The molecule has 1 aliphatic carbocycles. The van der Waals surface area contributed by atoms with E-state index in [1.165, 1.54) is 64.7 Å². The molecule has 0 aromatic rings. The van der Waals surface area contributed by atoms with E-state index in [0.29, 0.717) is 0 Å². The fraction of sp³-hybridized carbons (Fsp3) is 1.00. The number of hydrogen-bond acceptors (Lipinski definition) is 2. The van der Waals surface area contributed by atoms with E-state index in [-0.39, 0.29) is 5.54 Å². The molecule has 0 radical (unpaired) electrons. The highest BCUT2D eigenvalue weighted by molar-refractivity contribution is 4.77. The van der Waals surface area contributed by atoms with Crippen LogP contribution in [0, 0.1) is 5.92 Å². The molecule has 108 valence electrons. The molecule has 1 aliphatic rings. The highest BCUT2D eigenvalue weighted by Gasteiger charge is 2.23. The SMILES string of the molecule is CCCN(CCCCCNC(C)(C)C)CC1CC1. The van der Waals surface area contributed by atoms with Crippen molar-refractivity contribution in [2.45, 2.75) is 71.8 Å². The molecule has 0 bridgehead atoms. The van der Waals surface area contributed by atoms with Crippen molar-refractivity contribution in [3.05, 3.63) is 0 Å².